The van der Waals surface area contributed by atoms with Crippen molar-refractivity contribution in [2.45, 2.75) is 19.9 Å². The summed E-state index contributed by atoms with van der Waals surface area (Å²) in [5.74, 6) is 1.83. The summed E-state index contributed by atoms with van der Waals surface area (Å²) >= 11 is 0. The molecule has 0 spiro atoms. The topological polar surface area (TPSA) is 76.6 Å². The molecule has 29 heavy (non-hydrogen) atoms. The third-order valence-corrected chi connectivity index (χ3v) is 4.75. The molecule has 0 saturated heterocycles. The fourth-order valence-corrected chi connectivity index (χ4v) is 3.24. The lowest BCUT2D eigenvalue weighted by molar-refractivity contribution is 0.0983. The minimum Gasteiger partial charge on any atom is -0.454 e. The van der Waals surface area contributed by atoms with Crippen molar-refractivity contribution in [1.82, 2.24) is 9.97 Å². The maximum absolute atomic E-state index is 13.2. The number of carbonyl (C=O) groups is 1. The van der Waals surface area contributed by atoms with Crippen LogP contribution in [0.5, 0.6) is 11.5 Å². The van der Waals surface area contributed by atoms with Gasteiger partial charge in [0.25, 0.3) is 5.91 Å². The van der Waals surface area contributed by atoms with Gasteiger partial charge in [0.2, 0.25) is 12.7 Å². The van der Waals surface area contributed by atoms with Gasteiger partial charge in [0.05, 0.1) is 11.6 Å². The Labute approximate surface area is 169 Å². The van der Waals surface area contributed by atoms with E-state index in [1.165, 1.54) is 0 Å². The summed E-state index contributed by atoms with van der Waals surface area (Å²) < 4.78 is 10.9. The summed E-state index contributed by atoms with van der Waals surface area (Å²) in [6, 6.07) is 17.1. The SMILES string of the molecule is CCN(C(=O)c1cccc2c1OCO2)c1ccnc(N[C@@H](C)c2ccccc2)n1. The number of amides is 1. The lowest BCUT2D eigenvalue weighted by Gasteiger charge is -2.21. The van der Waals surface area contributed by atoms with Crippen LogP contribution in [0.1, 0.15) is 35.8 Å². The Bertz CT molecular complexity index is 1010. The standard InChI is InChI=1S/C22H22N4O3/c1-3-26(21(27)17-10-7-11-18-20(17)29-14-28-18)19-12-13-23-22(25-19)24-15(2)16-8-5-4-6-9-16/h4-13,15H,3,14H2,1-2H3,(H,23,24,25)/t15-/m0/s1. The van der Waals surface area contributed by atoms with Gasteiger partial charge in [-0.1, -0.05) is 36.4 Å². The van der Waals surface area contributed by atoms with Gasteiger partial charge in [-0.15, -0.1) is 0 Å². The third kappa shape index (κ3) is 3.85. The number of carbonyl (C=O) groups excluding carboxylic acids is 1. The molecule has 4 rings (SSSR count). The third-order valence-electron chi connectivity index (χ3n) is 4.75. The second kappa shape index (κ2) is 8.18. The van der Waals surface area contributed by atoms with E-state index in [2.05, 4.69) is 15.3 Å². The number of rotatable bonds is 6. The molecule has 1 N–H and O–H groups in total. The molecule has 0 bridgehead atoms. The number of benzene rings is 2. The van der Waals surface area contributed by atoms with E-state index in [4.69, 9.17) is 9.47 Å². The molecule has 0 fully saturated rings. The van der Waals surface area contributed by atoms with Crippen LogP contribution in [0.4, 0.5) is 11.8 Å². The molecule has 0 unspecified atom stereocenters. The van der Waals surface area contributed by atoms with Crippen LogP contribution in [-0.4, -0.2) is 29.2 Å². The van der Waals surface area contributed by atoms with E-state index in [-0.39, 0.29) is 18.7 Å². The van der Waals surface area contributed by atoms with E-state index < -0.39 is 0 Å². The van der Waals surface area contributed by atoms with Crippen molar-refractivity contribution in [2.24, 2.45) is 0 Å². The van der Waals surface area contributed by atoms with Crippen LogP contribution in [0.25, 0.3) is 0 Å². The maximum Gasteiger partial charge on any atom is 0.263 e. The van der Waals surface area contributed by atoms with E-state index in [1.54, 1.807) is 35.4 Å². The fourth-order valence-electron chi connectivity index (χ4n) is 3.24. The first kappa shape index (κ1) is 18.7. The van der Waals surface area contributed by atoms with E-state index in [0.717, 1.165) is 5.56 Å². The Morgan fingerprint density at radius 2 is 1.97 bits per heavy atom. The van der Waals surface area contributed by atoms with Crippen LogP contribution < -0.4 is 19.7 Å². The van der Waals surface area contributed by atoms with Gasteiger partial charge in [0, 0.05) is 12.7 Å². The molecule has 1 amide bonds. The molecule has 1 aliphatic rings. The molecule has 0 saturated carbocycles. The highest BCUT2D eigenvalue weighted by Gasteiger charge is 2.26. The Kier molecular flexibility index (Phi) is 5.29. The van der Waals surface area contributed by atoms with Crippen LogP contribution in [0.3, 0.4) is 0 Å². The number of anilines is 2. The predicted molar refractivity (Wildman–Crippen MR) is 110 cm³/mol. The first-order valence-corrected chi connectivity index (χ1v) is 9.52. The summed E-state index contributed by atoms with van der Waals surface area (Å²) in [6.07, 6.45) is 1.65. The first-order chi connectivity index (χ1) is 14.2. The van der Waals surface area contributed by atoms with Gasteiger partial charge < -0.3 is 14.8 Å². The lowest BCUT2D eigenvalue weighted by Crippen LogP contribution is -2.32. The smallest absolute Gasteiger partial charge is 0.263 e. The second-order valence-corrected chi connectivity index (χ2v) is 6.60. The zero-order valence-corrected chi connectivity index (χ0v) is 16.3. The van der Waals surface area contributed by atoms with Crippen molar-refractivity contribution in [1.29, 1.82) is 0 Å². The highest BCUT2D eigenvalue weighted by molar-refractivity contribution is 6.08. The van der Waals surface area contributed by atoms with Crippen molar-refractivity contribution >= 4 is 17.7 Å². The molecule has 1 aromatic heterocycles. The zero-order valence-electron chi connectivity index (χ0n) is 16.3. The number of nitrogens with zero attached hydrogens (tertiary/aromatic N) is 3. The van der Waals surface area contributed by atoms with Crippen LogP contribution in [0.2, 0.25) is 0 Å². The fraction of sp³-hybridized carbons (Fsp3) is 0.227. The van der Waals surface area contributed by atoms with Crippen LogP contribution in [0, 0.1) is 0 Å². The van der Waals surface area contributed by atoms with Crippen molar-refractivity contribution in [2.75, 3.05) is 23.6 Å². The number of ether oxygens (including phenoxy) is 2. The lowest BCUT2D eigenvalue weighted by atomic mass is 10.1. The van der Waals surface area contributed by atoms with Gasteiger partial charge in [-0.3, -0.25) is 9.69 Å². The van der Waals surface area contributed by atoms with Gasteiger partial charge in [0.15, 0.2) is 11.5 Å². The van der Waals surface area contributed by atoms with Gasteiger partial charge in [-0.05, 0) is 37.6 Å². The Balaban J connectivity index is 1.58. The van der Waals surface area contributed by atoms with E-state index in [9.17, 15) is 4.79 Å². The Morgan fingerprint density at radius 3 is 2.76 bits per heavy atom. The number of hydrogen-bond donors (Lipinski definition) is 1. The number of hydrogen-bond acceptors (Lipinski definition) is 6. The average molecular weight is 390 g/mol. The molecule has 148 valence electrons. The largest absolute Gasteiger partial charge is 0.454 e. The van der Waals surface area contributed by atoms with Crippen LogP contribution in [-0.2, 0) is 0 Å². The van der Waals surface area contributed by atoms with E-state index in [0.29, 0.717) is 35.4 Å². The van der Waals surface area contributed by atoms with Gasteiger partial charge in [0.1, 0.15) is 5.82 Å². The predicted octanol–water partition coefficient (Wildman–Crippen LogP) is 4.05. The molecule has 2 aromatic carbocycles. The molecule has 0 radical (unpaired) electrons. The zero-order chi connectivity index (χ0) is 20.2. The molecule has 7 heteroatoms. The monoisotopic (exact) mass is 390 g/mol. The molecular weight excluding hydrogens is 368 g/mol. The minimum absolute atomic E-state index is 0.0279. The molecule has 3 aromatic rings. The average Bonchev–Trinajstić information content (AvgIpc) is 3.24. The molecular formula is C22H22N4O3. The highest BCUT2D eigenvalue weighted by Crippen LogP contribution is 2.36. The molecule has 2 heterocycles. The van der Waals surface area contributed by atoms with Crippen molar-refractivity contribution in [3.8, 4) is 11.5 Å². The molecule has 7 nitrogen and oxygen atoms in total. The minimum atomic E-state index is -0.199. The molecule has 1 atom stereocenters. The Morgan fingerprint density at radius 1 is 1.14 bits per heavy atom. The van der Waals surface area contributed by atoms with Crippen molar-refractivity contribution in [3.63, 3.8) is 0 Å². The maximum atomic E-state index is 13.2. The first-order valence-electron chi connectivity index (χ1n) is 9.52. The van der Waals surface area contributed by atoms with Gasteiger partial charge in [-0.25, -0.2) is 4.98 Å². The van der Waals surface area contributed by atoms with E-state index in [1.807, 2.05) is 44.2 Å². The number of fused-ring (bicyclic) bond motifs is 1. The van der Waals surface area contributed by atoms with E-state index >= 15 is 0 Å². The van der Waals surface area contributed by atoms with Crippen molar-refractivity contribution in [3.05, 3.63) is 71.9 Å². The normalized spacial score (nSPS) is 13.0. The number of para-hydroxylation sites is 1. The number of aromatic nitrogens is 2. The van der Waals surface area contributed by atoms with Crippen molar-refractivity contribution < 1.29 is 14.3 Å². The Hall–Kier alpha value is -3.61. The van der Waals surface area contributed by atoms with Gasteiger partial charge >= 0.3 is 0 Å². The molecule has 0 aliphatic carbocycles. The van der Waals surface area contributed by atoms with Crippen LogP contribution >= 0.6 is 0 Å². The summed E-state index contributed by atoms with van der Waals surface area (Å²) in [5, 5.41) is 3.29. The molecule has 1 aliphatic heterocycles. The highest BCUT2D eigenvalue weighted by atomic mass is 16.7. The van der Waals surface area contributed by atoms with Gasteiger partial charge in [-0.2, -0.15) is 4.98 Å². The van der Waals surface area contributed by atoms with Crippen LogP contribution in [0.15, 0.2) is 60.8 Å². The summed E-state index contributed by atoms with van der Waals surface area (Å²) in [4.78, 5) is 23.7. The summed E-state index contributed by atoms with van der Waals surface area (Å²) in [5.41, 5.74) is 1.58. The summed E-state index contributed by atoms with van der Waals surface area (Å²) in [6.45, 7) is 4.51. The number of nitrogens with one attached hydrogen (secondary N) is 1. The second-order valence-electron chi connectivity index (χ2n) is 6.60. The quantitative estimate of drug-likeness (QED) is 0.684. The summed E-state index contributed by atoms with van der Waals surface area (Å²) in [7, 11) is 0.